The quantitative estimate of drug-likeness (QED) is 0.459. The number of amidine groups is 1. The maximum atomic E-state index is 12.6. The van der Waals surface area contributed by atoms with Crippen molar-refractivity contribution in [3.63, 3.8) is 0 Å². The number of nitrogens with zero attached hydrogens (tertiary/aromatic N) is 5. The van der Waals surface area contributed by atoms with Gasteiger partial charge in [0.15, 0.2) is 22.5 Å². The van der Waals surface area contributed by atoms with Gasteiger partial charge in [0.25, 0.3) is 5.91 Å². The van der Waals surface area contributed by atoms with Crippen LogP contribution in [0.3, 0.4) is 0 Å². The third-order valence-corrected chi connectivity index (χ3v) is 5.78. The number of rotatable bonds is 8. The molecule has 160 valence electrons. The standard InChI is InChI=1S/C21H21N5O4S/c1-5-7-26-19(13-6-8-30-12(13)2)24-25-21(26)31-11-18-22-15-10-17(29-4)16(28-3)9-14(15)20(27)23-18/h5-6,8-10,14H,1,7,11H2,2-4H3. The number of ether oxygens (including phenoxy) is 2. The largest absolute Gasteiger partial charge is 0.493 e. The number of aromatic nitrogens is 3. The summed E-state index contributed by atoms with van der Waals surface area (Å²) >= 11 is 1.40. The van der Waals surface area contributed by atoms with E-state index >= 15 is 0 Å². The second-order valence-electron chi connectivity index (χ2n) is 6.71. The summed E-state index contributed by atoms with van der Waals surface area (Å²) in [5.74, 6) is 2.38. The Morgan fingerprint density at radius 2 is 2.06 bits per heavy atom. The lowest BCUT2D eigenvalue weighted by Crippen LogP contribution is -2.30. The molecule has 1 aliphatic carbocycles. The van der Waals surface area contributed by atoms with Crippen molar-refractivity contribution in [2.75, 3.05) is 20.0 Å². The van der Waals surface area contributed by atoms with Gasteiger partial charge in [-0.15, -0.1) is 16.8 Å². The van der Waals surface area contributed by atoms with Gasteiger partial charge in [0.05, 0.1) is 37.5 Å². The summed E-state index contributed by atoms with van der Waals surface area (Å²) in [7, 11) is 3.07. The third-order valence-electron chi connectivity index (χ3n) is 4.82. The average molecular weight is 439 g/mol. The van der Waals surface area contributed by atoms with E-state index in [4.69, 9.17) is 13.9 Å². The topological polar surface area (TPSA) is 104 Å². The lowest BCUT2D eigenvalue weighted by Gasteiger charge is -2.22. The van der Waals surface area contributed by atoms with Crippen molar-refractivity contribution in [2.24, 2.45) is 15.9 Å². The Morgan fingerprint density at radius 3 is 2.74 bits per heavy atom. The maximum absolute atomic E-state index is 12.6. The molecule has 0 saturated carbocycles. The molecular weight excluding hydrogens is 418 g/mol. The monoisotopic (exact) mass is 439 g/mol. The molecule has 0 spiro atoms. The number of methoxy groups -OCH3 is 2. The van der Waals surface area contributed by atoms with Crippen LogP contribution in [0.5, 0.6) is 0 Å². The van der Waals surface area contributed by atoms with Gasteiger partial charge in [-0.2, -0.15) is 4.99 Å². The number of fused-ring (bicyclic) bond motifs is 1. The number of carbonyl (C=O) groups excluding carboxylic acids is 1. The molecule has 1 unspecified atom stereocenters. The summed E-state index contributed by atoms with van der Waals surface area (Å²) in [6.45, 7) is 6.23. The first-order valence-corrected chi connectivity index (χ1v) is 10.5. The van der Waals surface area contributed by atoms with Crippen molar-refractivity contribution in [1.82, 2.24) is 14.8 Å². The Morgan fingerprint density at radius 1 is 1.26 bits per heavy atom. The fraction of sp³-hybridized carbons (Fsp3) is 0.286. The zero-order valence-electron chi connectivity index (χ0n) is 17.4. The van der Waals surface area contributed by atoms with Crippen LogP contribution in [0.4, 0.5) is 0 Å². The molecule has 9 nitrogen and oxygen atoms in total. The SMILES string of the molecule is C=CCn1c(SCC2=NC(=O)C3C=C(OC)C(OC)=CC3=N2)nnc1-c1ccoc1C. The van der Waals surface area contributed by atoms with Crippen LogP contribution in [-0.4, -0.2) is 52.2 Å². The van der Waals surface area contributed by atoms with Gasteiger partial charge in [-0.1, -0.05) is 17.8 Å². The molecule has 1 amide bonds. The molecule has 2 aromatic heterocycles. The number of allylic oxidation sites excluding steroid dienone is 2. The first-order valence-electron chi connectivity index (χ1n) is 9.49. The molecule has 1 atom stereocenters. The van der Waals surface area contributed by atoms with Crippen molar-refractivity contribution in [3.05, 3.63) is 54.4 Å². The van der Waals surface area contributed by atoms with Crippen LogP contribution in [-0.2, 0) is 20.8 Å². The van der Waals surface area contributed by atoms with Crippen LogP contribution in [0.1, 0.15) is 5.76 Å². The number of amides is 1. The van der Waals surface area contributed by atoms with Crippen molar-refractivity contribution in [1.29, 1.82) is 0 Å². The van der Waals surface area contributed by atoms with Gasteiger partial charge in [-0.3, -0.25) is 9.36 Å². The molecule has 4 rings (SSSR count). The van der Waals surface area contributed by atoms with Crippen LogP contribution in [0.2, 0.25) is 0 Å². The van der Waals surface area contributed by atoms with Crippen LogP contribution < -0.4 is 0 Å². The van der Waals surface area contributed by atoms with Gasteiger partial charge < -0.3 is 13.9 Å². The molecule has 0 N–H and O–H groups in total. The highest BCUT2D eigenvalue weighted by atomic mass is 32.2. The summed E-state index contributed by atoms with van der Waals surface area (Å²) in [4.78, 5) is 21.3. The molecule has 0 fully saturated rings. The number of furan rings is 1. The smallest absolute Gasteiger partial charge is 0.260 e. The van der Waals surface area contributed by atoms with E-state index in [1.54, 1.807) is 31.6 Å². The summed E-state index contributed by atoms with van der Waals surface area (Å²) in [5, 5.41) is 9.29. The fourth-order valence-corrected chi connectivity index (χ4v) is 4.11. The first kappa shape index (κ1) is 20.9. The fourth-order valence-electron chi connectivity index (χ4n) is 3.31. The second-order valence-corrected chi connectivity index (χ2v) is 7.66. The van der Waals surface area contributed by atoms with E-state index in [0.29, 0.717) is 46.3 Å². The number of thioether (sulfide) groups is 1. The Bertz CT molecular complexity index is 1150. The lowest BCUT2D eigenvalue weighted by atomic mass is 9.95. The lowest BCUT2D eigenvalue weighted by molar-refractivity contribution is -0.118. The summed E-state index contributed by atoms with van der Waals surface area (Å²) < 4.78 is 17.9. The number of hydrogen-bond donors (Lipinski definition) is 0. The van der Waals surface area contributed by atoms with Crippen LogP contribution in [0.25, 0.3) is 11.4 Å². The Balaban J connectivity index is 1.56. The molecule has 0 radical (unpaired) electrons. The molecule has 2 aromatic rings. The Labute approximate surface area is 183 Å². The van der Waals surface area contributed by atoms with E-state index in [-0.39, 0.29) is 5.91 Å². The van der Waals surface area contributed by atoms with Crippen LogP contribution >= 0.6 is 11.8 Å². The predicted molar refractivity (Wildman–Crippen MR) is 117 cm³/mol. The highest BCUT2D eigenvalue weighted by molar-refractivity contribution is 7.99. The van der Waals surface area contributed by atoms with E-state index in [1.165, 1.54) is 18.9 Å². The molecule has 0 aromatic carbocycles. The molecule has 0 saturated heterocycles. The minimum atomic E-state index is -0.567. The third kappa shape index (κ3) is 3.98. The molecule has 31 heavy (non-hydrogen) atoms. The number of aryl methyl sites for hydroxylation is 1. The molecule has 1 aliphatic heterocycles. The zero-order chi connectivity index (χ0) is 22.0. The normalized spacial score (nSPS) is 17.9. The number of aliphatic imine (C=N–C) groups is 2. The summed E-state index contributed by atoms with van der Waals surface area (Å²) in [6, 6.07) is 1.86. The van der Waals surface area contributed by atoms with Gasteiger partial charge in [0.2, 0.25) is 0 Å². The van der Waals surface area contributed by atoms with Crippen molar-refractivity contribution in [2.45, 2.75) is 18.6 Å². The van der Waals surface area contributed by atoms with Gasteiger partial charge in [0.1, 0.15) is 17.5 Å². The first-order chi connectivity index (χ1) is 15.0. The molecule has 0 bridgehead atoms. The van der Waals surface area contributed by atoms with Crippen molar-refractivity contribution < 1.29 is 18.7 Å². The van der Waals surface area contributed by atoms with E-state index in [9.17, 15) is 4.79 Å². The summed E-state index contributed by atoms with van der Waals surface area (Å²) in [5.41, 5.74) is 1.45. The van der Waals surface area contributed by atoms with Crippen LogP contribution in [0, 0.1) is 12.8 Å². The molecule has 2 aliphatic rings. The maximum Gasteiger partial charge on any atom is 0.260 e. The molecule has 10 heteroatoms. The van der Waals surface area contributed by atoms with Crippen molar-refractivity contribution >= 4 is 29.2 Å². The average Bonchev–Trinajstić information content (AvgIpc) is 3.37. The molecular formula is C21H21N5O4S. The minimum absolute atomic E-state index is 0.288. The Kier molecular flexibility index (Phi) is 5.90. The van der Waals surface area contributed by atoms with Gasteiger partial charge in [-0.05, 0) is 19.1 Å². The van der Waals surface area contributed by atoms with E-state index in [1.807, 2.05) is 17.6 Å². The van der Waals surface area contributed by atoms with Gasteiger partial charge in [0, 0.05) is 12.6 Å². The van der Waals surface area contributed by atoms with E-state index in [0.717, 1.165) is 11.3 Å². The van der Waals surface area contributed by atoms with E-state index < -0.39 is 5.92 Å². The zero-order valence-corrected chi connectivity index (χ0v) is 18.2. The molecule has 3 heterocycles. The number of carbonyl (C=O) groups is 1. The van der Waals surface area contributed by atoms with E-state index in [2.05, 4.69) is 26.8 Å². The van der Waals surface area contributed by atoms with Gasteiger partial charge in [-0.25, -0.2) is 4.99 Å². The highest BCUT2D eigenvalue weighted by Crippen LogP contribution is 2.29. The minimum Gasteiger partial charge on any atom is -0.493 e. The predicted octanol–water partition coefficient (Wildman–Crippen LogP) is 3.19. The van der Waals surface area contributed by atoms with Crippen LogP contribution in [0.15, 0.2) is 68.2 Å². The second kappa shape index (κ2) is 8.76. The Hall–Kier alpha value is -3.40. The summed E-state index contributed by atoms with van der Waals surface area (Å²) in [6.07, 6.45) is 6.78. The van der Waals surface area contributed by atoms with Gasteiger partial charge >= 0.3 is 0 Å². The number of hydrogen-bond acceptors (Lipinski definition) is 8. The van der Waals surface area contributed by atoms with Crippen molar-refractivity contribution in [3.8, 4) is 11.4 Å². The highest BCUT2D eigenvalue weighted by Gasteiger charge is 2.31.